The average molecular weight is 292 g/mol. The van der Waals surface area contributed by atoms with Crippen LogP contribution in [0.3, 0.4) is 0 Å². The second-order valence-electron chi connectivity index (χ2n) is 5.00. The Bertz CT molecular complexity index is 574. The molecular weight excluding hydrogens is 277 g/mol. The summed E-state index contributed by atoms with van der Waals surface area (Å²) in [6.07, 6.45) is 2.70. The lowest BCUT2D eigenvalue weighted by atomic mass is 10.1. The fourth-order valence-corrected chi connectivity index (χ4v) is 2.43. The molecule has 2 aromatic carbocycles. The summed E-state index contributed by atoms with van der Waals surface area (Å²) < 4.78 is 0. The maximum atomic E-state index is 5.99. The van der Waals surface area contributed by atoms with Crippen LogP contribution in [0, 0.1) is 0 Å². The van der Waals surface area contributed by atoms with Crippen LogP contribution in [0.1, 0.15) is 29.9 Å². The van der Waals surface area contributed by atoms with Gasteiger partial charge in [0.25, 0.3) is 0 Å². The number of rotatable bonds is 4. The SMILES string of the molecule is Clc1ccc(NCc2ccc(C3CC3)cc2)cc1Cl. The standard InChI is InChI=1S/C16H15Cl2N/c17-15-8-7-14(9-16(15)18)19-10-11-1-3-12(4-2-11)13-5-6-13/h1-4,7-9,13,19H,5-6,10H2. The van der Waals surface area contributed by atoms with Gasteiger partial charge in [-0.2, -0.15) is 0 Å². The molecule has 0 aromatic heterocycles. The number of hydrogen-bond donors (Lipinski definition) is 1. The van der Waals surface area contributed by atoms with E-state index in [1.165, 1.54) is 24.0 Å². The van der Waals surface area contributed by atoms with Gasteiger partial charge in [0.2, 0.25) is 0 Å². The Balaban J connectivity index is 1.63. The molecular formula is C16H15Cl2N. The van der Waals surface area contributed by atoms with Crippen molar-refractivity contribution >= 4 is 28.9 Å². The highest BCUT2D eigenvalue weighted by atomic mass is 35.5. The quantitative estimate of drug-likeness (QED) is 0.786. The molecule has 1 N–H and O–H groups in total. The molecule has 0 unspecified atom stereocenters. The number of halogens is 2. The summed E-state index contributed by atoms with van der Waals surface area (Å²) >= 11 is 11.9. The Morgan fingerprint density at radius 3 is 2.32 bits per heavy atom. The third kappa shape index (κ3) is 3.23. The zero-order valence-corrected chi connectivity index (χ0v) is 12.0. The first-order valence-corrected chi connectivity index (χ1v) is 7.26. The molecule has 1 aliphatic carbocycles. The Morgan fingerprint density at radius 1 is 0.947 bits per heavy atom. The van der Waals surface area contributed by atoms with Crippen molar-refractivity contribution in [3.63, 3.8) is 0 Å². The van der Waals surface area contributed by atoms with Gasteiger partial charge in [0.1, 0.15) is 0 Å². The summed E-state index contributed by atoms with van der Waals surface area (Å²) in [7, 11) is 0. The normalized spacial score (nSPS) is 14.4. The Hall–Kier alpha value is -1.18. The van der Waals surface area contributed by atoms with Crippen molar-refractivity contribution in [3.05, 3.63) is 63.6 Å². The van der Waals surface area contributed by atoms with Crippen LogP contribution in [0.25, 0.3) is 0 Å². The molecule has 0 atom stereocenters. The Morgan fingerprint density at radius 2 is 1.68 bits per heavy atom. The summed E-state index contributed by atoms with van der Waals surface area (Å²) in [6, 6.07) is 14.5. The van der Waals surface area contributed by atoms with Gasteiger partial charge in [-0.3, -0.25) is 0 Å². The van der Waals surface area contributed by atoms with E-state index in [0.717, 1.165) is 18.2 Å². The van der Waals surface area contributed by atoms with Gasteiger partial charge in [-0.25, -0.2) is 0 Å². The van der Waals surface area contributed by atoms with Gasteiger partial charge in [-0.05, 0) is 48.1 Å². The molecule has 0 radical (unpaired) electrons. The van der Waals surface area contributed by atoms with Crippen LogP contribution in [-0.4, -0.2) is 0 Å². The minimum absolute atomic E-state index is 0.579. The van der Waals surface area contributed by atoms with E-state index in [4.69, 9.17) is 23.2 Å². The van der Waals surface area contributed by atoms with Gasteiger partial charge < -0.3 is 5.32 Å². The minimum atomic E-state index is 0.579. The molecule has 2 aromatic rings. The van der Waals surface area contributed by atoms with Crippen molar-refractivity contribution < 1.29 is 0 Å². The Labute approximate surface area is 123 Å². The smallest absolute Gasteiger partial charge is 0.0612 e. The molecule has 3 rings (SSSR count). The molecule has 0 aliphatic heterocycles. The van der Waals surface area contributed by atoms with E-state index >= 15 is 0 Å². The molecule has 0 saturated heterocycles. The molecule has 0 spiro atoms. The van der Waals surface area contributed by atoms with Crippen LogP contribution in [0.4, 0.5) is 5.69 Å². The fourth-order valence-electron chi connectivity index (χ4n) is 2.13. The van der Waals surface area contributed by atoms with Crippen LogP contribution in [0.2, 0.25) is 10.0 Å². The number of hydrogen-bond acceptors (Lipinski definition) is 1. The highest BCUT2D eigenvalue weighted by Gasteiger charge is 2.22. The monoisotopic (exact) mass is 291 g/mol. The van der Waals surface area contributed by atoms with E-state index in [0.29, 0.717) is 10.0 Å². The molecule has 1 nitrogen and oxygen atoms in total. The van der Waals surface area contributed by atoms with Crippen molar-refractivity contribution in [3.8, 4) is 0 Å². The third-order valence-corrected chi connectivity index (χ3v) is 4.18. The summed E-state index contributed by atoms with van der Waals surface area (Å²) in [6.45, 7) is 0.795. The second kappa shape index (κ2) is 5.44. The molecule has 3 heteroatoms. The van der Waals surface area contributed by atoms with Gasteiger partial charge in [0, 0.05) is 12.2 Å². The number of anilines is 1. The van der Waals surface area contributed by atoms with Gasteiger partial charge in [-0.1, -0.05) is 47.5 Å². The summed E-state index contributed by atoms with van der Waals surface area (Å²) in [5, 5.41) is 4.51. The lowest BCUT2D eigenvalue weighted by Gasteiger charge is -2.08. The molecule has 0 amide bonds. The third-order valence-electron chi connectivity index (χ3n) is 3.44. The van der Waals surface area contributed by atoms with Gasteiger partial charge in [0.05, 0.1) is 10.0 Å². The van der Waals surface area contributed by atoms with E-state index in [-0.39, 0.29) is 0 Å². The van der Waals surface area contributed by atoms with Gasteiger partial charge in [-0.15, -0.1) is 0 Å². The molecule has 98 valence electrons. The first-order valence-electron chi connectivity index (χ1n) is 6.50. The predicted molar refractivity (Wildman–Crippen MR) is 82.2 cm³/mol. The summed E-state index contributed by atoms with van der Waals surface area (Å²) in [4.78, 5) is 0. The van der Waals surface area contributed by atoms with Crippen molar-refractivity contribution in [1.82, 2.24) is 0 Å². The molecule has 1 saturated carbocycles. The number of nitrogens with one attached hydrogen (secondary N) is 1. The summed E-state index contributed by atoms with van der Waals surface area (Å²) in [5.41, 5.74) is 3.73. The van der Waals surface area contributed by atoms with Crippen molar-refractivity contribution in [2.45, 2.75) is 25.3 Å². The molecule has 0 bridgehead atoms. The molecule has 19 heavy (non-hydrogen) atoms. The average Bonchev–Trinajstić information content (AvgIpc) is 3.25. The first-order chi connectivity index (χ1) is 9.22. The molecule has 0 heterocycles. The summed E-state index contributed by atoms with van der Waals surface area (Å²) in [5.74, 6) is 0.817. The van der Waals surface area contributed by atoms with Crippen LogP contribution >= 0.6 is 23.2 Å². The van der Waals surface area contributed by atoms with Crippen LogP contribution in [0.5, 0.6) is 0 Å². The first kappa shape index (κ1) is 12.8. The molecule has 1 fully saturated rings. The predicted octanol–water partition coefficient (Wildman–Crippen LogP) is 5.48. The van der Waals surface area contributed by atoms with Crippen molar-refractivity contribution in [1.29, 1.82) is 0 Å². The topological polar surface area (TPSA) is 12.0 Å². The lowest BCUT2D eigenvalue weighted by Crippen LogP contribution is -1.99. The minimum Gasteiger partial charge on any atom is -0.381 e. The van der Waals surface area contributed by atoms with E-state index in [2.05, 4.69) is 29.6 Å². The Kier molecular flexibility index (Phi) is 3.67. The van der Waals surface area contributed by atoms with Gasteiger partial charge >= 0.3 is 0 Å². The second-order valence-corrected chi connectivity index (χ2v) is 5.81. The van der Waals surface area contributed by atoms with Crippen molar-refractivity contribution in [2.24, 2.45) is 0 Å². The highest BCUT2D eigenvalue weighted by Crippen LogP contribution is 2.39. The van der Waals surface area contributed by atoms with Crippen LogP contribution in [-0.2, 0) is 6.54 Å². The number of benzene rings is 2. The zero-order valence-electron chi connectivity index (χ0n) is 10.5. The van der Waals surface area contributed by atoms with E-state index in [9.17, 15) is 0 Å². The highest BCUT2D eigenvalue weighted by molar-refractivity contribution is 6.42. The fraction of sp³-hybridized carbons (Fsp3) is 0.250. The maximum Gasteiger partial charge on any atom is 0.0612 e. The van der Waals surface area contributed by atoms with E-state index < -0.39 is 0 Å². The lowest BCUT2D eigenvalue weighted by molar-refractivity contribution is 1.10. The van der Waals surface area contributed by atoms with Crippen molar-refractivity contribution in [2.75, 3.05) is 5.32 Å². The maximum absolute atomic E-state index is 5.99. The van der Waals surface area contributed by atoms with Gasteiger partial charge in [0.15, 0.2) is 0 Å². The van der Waals surface area contributed by atoms with Crippen LogP contribution in [0.15, 0.2) is 42.5 Å². The van der Waals surface area contributed by atoms with E-state index in [1.54, 1.807) is 0 Å². The largest absolute Gasteiger partial charge is 0.381 e. The zero-order chi connectivity index (χ0) is 13.2. The molecule has 1 aliphatic rings. The van der Waals surface area contributed by atoms with E-state index in [1.807, 2.05) is 18.2 Å². The van der Waals surface area contributed by atoms with Crippen LogP contribution < -0.4 is 5.32 Å².